The van der Waals surface area contributed by atoms with Crippen LogP contribution in [0.5, 0.6) is 0 Å². The fourth-order valence-corrected chi connectivity index (χ4v) is 6.63. The molecular weight excluding hydrogens is 693 g/mol. The predicted octanol–water partition coefficient (Wildman–Crippen LogP) is 4.41. The molecule has 0 aliphatic heterocycles. The van der Waals surface area contributed by atoms with Crippen LogP contribution in [0, 0.1) is 0 Å². The molecule has 0 spiro atoms. The Morgan fingerprint density at radius 3 is 1.77 bits per heavy atom. The maximum Gasteiger partial charge on any atom is 0.472 e. The lowest BCUT2D eigenvalue weighted by atomic mass is 9.85. The van der Waals surface area contributed by atoms with E-state index in [0.29, 0.717) is 12.8 Å². The Bertz CT molecular complexity index is 1090. The van der Waals surface area contributed by atoms with E-state index in [1.807, 2.05) is 6.08 Å². The first-order valence-electron chi connectivity index (χ1n) is 19.2. The zero-order valence-corrected chi connectivity index (χ0v) is 32.1. The minimum Gasteiger partial charge on any atom is -0.389 e. The summed E-state index contributed by atoms with van der Waals surface area (Å²) in [5, 5.41) is 73.7. The quantitative estimate of drug-likeness (QED) is 0.0294. The number of phosphoric acid groups is 1. The third-order valence-electron chi connectivity index (χ3n) is 8.89. The number of nitrogens with one attached hydrogen (secondary N) is 1. The number of rotatable bonds is 29. The van der Waals surface area contributed by atoms with Gasteiger partial charge in [0.15, 0.2) is 0 Å². The summed E-state index contributed by atoms with van der Waals surface area (Å²) >= 11 is 0. The van der Waals surface area contributed by atoms with Gasteiger partial charge in [0.05, 0.1) is 31.3 Å². The van der Waals surface area contributed by atoms with E-state index in [4.69, 9.17) is 9.05 Å². The van der Waals surface area contributed by atoms with Crippen LogP contribution in [-0.2, 0) is 18.4 Å². The lowest BCUT2D eigenvalue weighted by molar-refractivity contribution is -0.220. The highest BCUT2D eigenvalue weighted by atomic mass is 31.2. The number of allylic oxidation sites excluding steroid dienone is 6. The molecule has 8 unspecified atom stereocenters. The summed E-state index contributed by atoms with van der Waals surface area (Å²) in [6.07, 6.45) is 16.9. The largest absolute Gasteiger partial charge is 0.472 e. The number of carbonyl (C=O) groups is 1. The molecule has 0 bridgehead atoms. The van der Waals surface area contributed by atoms with Crippen LogP contribution in [0.3, 0.4) is 0 Å². The SMILES string of the molecule is CCCCCCC/C=C/CC/C=C/C(O)C(COP(=O)(O)OC1C(O)C(O)C(O)C(O)C1O)NC(=O)CC(O)/C=C\C/C=C\CCCCCCCC. The monoisotopic (exact) mass is 761 g/mol. The highest BCUT2D eigenvalue weighted by Crippen LogP contribution is 2.47. The zero-order valence-electron chi connectivity index (χ0n) is 31.2. The van der Waals surface area contributed by atoms with Crippen LogP contribution in [0.4, 0.5) is 0 Å². The first-order chi connectivity index (χ1) is 24.8. The molecule has 1 aliphatic rings. The Morgan fingerprint density at radius 1 is 0.673 bits per heavy atom. The summed E-state index contributed by atoms with van der Waals surface area (Å²) in [5.74, 6) is -0.675. The minimum atomic E-state index is -5.15. The van der Waals surface area contributed by atoms with Crippen LogP contribution >= 0.6 is 7.82 Å². The van der Waals surface area contributed by atoms with E-state index in [1.165, 1.54) is 69.9 Å². The smallest absolute Gasteiger partial charge is 0.389 e. The molecule has 1 rings (SSSR count). The van der Waals surface area contributed by atoms with Crippen LogP contribution in [0.15, 0.2) is 48.6 Å². The van der Waals surface area contributed by atoms with Crippen molar-refractivity contribution < 1.29 is 59.0 Å². The van der Waals surface area contributed by atoms with Crippen molar-refractivity contribution in [1.82, 2.24) is 5.32 Å². The average molecular weight is 762 g/mol. The summed E-state index contributed by atoms with van der Waals surface area (Å²) in [6, 6.07) is -1.29. The molecule has 52 heavy (non-hydrogen) atoms. The fourth-order valence-electron chi connectivity index (χ4n) is 5.66. The molecule has 1 saturated carbocycles. The number of carbonyl (C=O) groups excluding carboxylic acids is 1. The fraction of sp³-hybridized carbons (Fsp3) is 0.763. The van der Waals surface area contributed by atoms with E-state index in [9.17, 15) is 50.0 Å². The van der Waals surface area contributed by atoms with Gasteiger partial charge in [-0.2, -0.15) is 0 Å². The summed E-state index contributed by atoms with van der Waals surface area (Å²) in [5.41, 5.74) is 0. The number of amides is 1. The van der Waals surface area contributed by atoms with Crippen LogP contribution in [-0.4, -0.2) is 108 Å². The third kappa shape index (κ3) is 21.2. The van der Waals surface area contributed by atoms with Gasteiger partial charge in [0.25, 0.3) is 0 Å². The van der Waals surface area contributed by atoms with Gasteiger partial charge in [0, 0.05) is 0 Å². The van der Waals surface area contributed by atoms with E-state index in [2.05, 4.69) is 37.4 Å². The van der Waals surface area contributed by atoms with Gasteiger partial charge >= 0.3 is 7.82 Å². The van der Waals surface area contributed by atoms with Gasteiger partial charge < -0.3 is 46.0 Å². The highest BCUT2D eigenvalue weighted by molar-refractivity contribution is 7.47. The van der Waals surface area contributed by atoms with Gasteiger partial charge in [0.2, 0.25) is 5.91 Å². The van der Waals surface area contributed by atoms with Crippen LogP contribution < -0.4 is 5.32 Å². The topological polar surface area (TPSA) is 226 Å². The van der Waals surface area contributed by atoms with E-state index in [-0.39, 0.29) is 6.42 Å². The van der Waals surface area contributed by atoms with E-state index >= 15 is 0 Å². The Labute approximate surface area is 310 Å². The van der Waals surface area contributed by atoms with E-state index < -0.39 is 75.2 Å². The summed E-state index contributed by atoms with van der Waals surface area (Å²) in [4.78, 5) is 23.2. The van der Waals surface area contributed by atoms with E-state index in [1.54, 1.807) is 12.2 Å². The average Bonchev–Trinajstić information content (AvgIpc) is 3.11. The second-order valence-corrected chi connectivity index (χ2v) is 15.0. The molecule has 14 heteroatoms. The molecule has 1 aliphatic carbocycles. The second-order valence-electron chi connectivity index (χ2n) is 13.6. The predicted molar refractivity (Wildman–Crippen MR) is 201 cm³/mol. The first-order valence-corrected chi connectivity index (χ1v) is 20.7. The van der Waals surface area contributed by atoms with Gasteiger partial charge in [-0.3, -0.25) is 13.8 Å². The third-order valence-corrected chi connectivity index (χ3v) is 9.88. The maximum atomic E-state index is 12.8. The Hall–Kier alpha value is -1.74. The molecule has 1 amide bonds. The molecule has 0 saturated heterocycles. The molecular formula is C38H68NO12P. The van der Waals surface area contributed by atoms with Crippen molar-refractivity contribution in [3.8, 4) is 0 Å². The number of phosphoric ester groups is 1. The van der Waals surface area contributed by atoms with Crippen molar-refractivity contribution in [2.75, 3.05) is 6.61 Å². The number of aliphatic hydroxyl groups is 7. The lowest BCUT2D eigenvalue weighted by Gasteiger charge is -2.41. The Morgan fingerprint density at radius 2 is 1.17 bits per heavy atom. The molecule has 1 fully saturated rings. The summed E-state index contributed by atoms with van der Waals surface area (Å²) in [6.45, 7) is 3.60. The van der Waals surface area contributed by atoms with Crippen molar-refractivity contribution in [1.29, 1.82) is 0 Å². The van der Waals surface area contributed by atoms with Gasteiger partial charge in [-0.05, 0) is 44.9 Å². The van der Waals surface area contributed by atoms with Crippen LogP contribution in [0.25, 0.3) is 0 Å². The maximum absolute atomic E-state index is 12.8. The summed E-state index contributed by atoms with van der Waals surface area (Å²) in [7, 11) is -5.15. The van der Waals surface area contributed by atoms with Gasteiger partial charge in [-0.15, -0.1) is 0 Å². The molecule has 302 valence electrons. The number of unbranched alkanes of at least 4 members (excludes halogenated alkanes) is 12. The molecule has 0 heterocycles. The number of hydrogen-bond acceptors (Lipinski definition) is 11. The standard InChI is InChI=1S/C38H68NO12P/c1-3-5-7-9-11-13-15-17-19-21-23-25-29(40)27-32(42)39-30(31(41)26-24-22-20-18-16-14-12-10-8-6-4-2)28-50-52(48,49)51-38-36(46)34(44)33(43)35(45)37(38)47/h16-19,23-26,29-31,33-38,40-41,43-47H,3-15,20-22,27-28H2,1-2H3,(H,39,42)(H,48,49)/b18-16+,19-17-,25-23-,26-24+. The van der Waals surface area contributed by atoms with Gasteiger partial charge in [-0.25, -0.2) is 4.57 Å². The number of hydrogen-bond donors (Lipinski definition) is 9. The first kappa shape index (κ1) is 48.3. The second kappa shape index (κ2) is 28.7. The molecule has 8 atom stereocenters. The number of aliphatic hydroxyl groups excluding tert-OH is 7. The van der Waals surface area contributed by atoms with Crippen LogP contribution in [0.2, 0.25) is 0 Å². The normalized spacial score (nSPS) is 25.7. The lowest BCUT2D eigenvalue weighted by Crippen LogP contribution is -2.64. The van der Waals surface area contributed by atoms with Crippen molar-refractivity contribution in [3.05, 3.63) is 48.6 Å². The van der Waals surface area contributed by atoms with Crippen molar-refractivity contribution >= 4 is 13.7 Å². The minimum absolute atomic E-state index is 0.361. The Balaban J connectivity index is 2.76. The summed E-state index contributed by atoms with van der Waals surface area (Å²) < 4.78 is 22.6. The molecule has 0 radical (unpaired) electrons. The van der Waals surface area contributed by atoms with Crippen molar-refractivity contribution in [3.63, 3.8) is 0 Å². The zero-order chi connectivity index (χ0) is 38.8. The van der Waals surface area contributed by atoms with Gasteiger partial charge in [-0.1, -0.05) is 120 Å². The van der Waals surface area contributed by atoms with Crippen LogP contribution in [0.1, 0.15) is 123 Å². The highest BCUT2D eigenvalue weighted by Gasteiger charge is 2.51. The van der Waals surface area contributed by atoms with Gasteiger partial charge in [0.1, 0.15) is 36.6 Å². The van der Waals surface area contributed by atoms with Crippen molar-refractivity contribution in [2.24, 2.45) is 0 Å². The molecule has 13 nitrogen and oxygen atoms in total. The van der Waals surface area contributed by atoms with Crippen molar-refractivity contribution in [2.45, 2.75) is 178 Å². The molecule has 0 aromatic carbocycles. The Kier molecular flexibility index (Phi) is 26.6. The molecule has 0 aromatic heterocycles. The van der Waals surface area contributed by atoms with E-state index in [0.717, 1.165) is 32.1 Å². The molecule has 0 aromatic rings. The molecule has 9 N–H and O–H groups in total.